The highest BCUT2D eigenvalue weighted by Crippen LogP contribution is 2.17. The highest BCUT2D eigenvalue weighted by Gasteiger charge is 2.30. The summed E-state index contributed by atoms with van der Waals surface area (Å²) in [6, 6.07) is -0.655. The van der Waals surface area contributed by atoms with Gasteiger partial charge in [-0.15, -0.1) is 0 Å². The van der Waals surface area contributed by atoms with E-state index in [9.17, 15) is 4.79 Å². The van der Waals surface area contributed by atoms with Crippen molar-refractivity contribution in [2.24, 2.45) is 5.73 Å². The molecule has 2 atom stereocenters. The van der Waals surface area contributed by atoms with Gasteiger partial charge in [-0.3, -0.25) is 4.79 Å². The summed E-state index contributed by atoms with van der Waals surface area (Å²) in [5, 5.41) is 9.03. The van der Waals surface area contributed by atoms with Crippen LogP contribution in [-0.2, 0) is 9.53 Å². The summed E-state index contributed by atoms with van der Waals surface area (Å²) in [7, 11) is 1.51. The summed E-state index contributed by atoms with van der Waals surface area (Å²) in [4.78, 5) is 13.4. The smallest absolute Gasteiger partial charge is 0.242 e. The number of hydrogen-bond acceptors (Lipinski definition) is 4. The molecule has 0 spiro atoms. The lowest BCUT2D eigenvalue weighted by atomic mass is 10.2. The first-order chi connectivity index (χ1) is 6.70. The predicted molar refractivity (Wildman–Crippen MR) is 51.7 cm³/mol. The molecule has 5 heteroatoms. The van der Waals surface area contributed by atoms with E-state index in [0.717, 1.165) is 12.8 Å². The maximum Gasteiger partial charge on any atom is 0.242 e. The number of carbonyl (C=O) groups is 1. The summed E-state index contributed by atoms with van der Waals surface area (Å²) in [5.74, 6) is -0.122. The van der Waals surface area contributed by atoms with E-state index >= 15 is 0 Å². The maximum atomic E-state index is 11.7. The Morgan fingerprint density at radius 3 is 3.07 bits per heavy atom. The van der Waals surface area contributed by atoms with Crippen molar-refractivity contribution in [2.45, 2.75) is 24.9 Å². The number of carbonyl (C=O) groups excluding carboxylic acids is 1. The molecule has 0 bridgehead atoms. The van der Waals surface area contributed by atoms with Crippen LogP contribution < -0.4 is 5.73 Å². The quantitative estimate of drug-likeness (QED) is 0.609. The number of aliphatic hydroxyl groups is 1. The molecule has 3 N–H and O–H groups in total. The number of aliphatic hydroxyl groups excluding tert-OH is 1. The summed E-state index contributed by atoms with van der Waals surface area (Å²) < 4.78 is 4.82. The number of nitrogens with zero attached hydrogens (tertiary/aromatic N) is 1. The average molecular weight is 202 g/mol. The molecular weight excluding hydrogens is 184 g/mol. The Labute approximate surface area is 83.8 Å². The molecule has 82 valence electrons. The van der Waals surface area contributed by atoms with Gasteiger partial charge in [-0.25, -0.2) is 0 Å². The summed E-state index contributed by atoms with van der Waals surface area (Å²) in [5.41, 5.74) is 5.63. The van der Waals surface area contributed by atoms with Crippen LogP contribution in [-0.4, -0.2) is 54.9 Å². The van der Waals surface area contributed by atoms with Crippen LogP contribution in [0.3, 0.4) is 0 Å². The van der Waals surface area contributed by atoms with E-state index in [1.165, 1.54) is 7.11 Å². The fraction of sp³-hybridized carbons (Fsp3) is 0.889. The Hall–Kier alpha value is -0.650. The van der Waals surface area contributed by atoms with Gasteiger partial charge in [0.15, 0.2) is 0 Å². The molecule has 1 amide bonds. The van der Waals surface area contributed by atoms with E-state index in [4.69, 9.17) is 15.6 Å². The minimum absolute atomic E-state index is 0.0193. The summed E-state index contributed by atoms with van der Waals surface area (Å²) in [6.45, 7) is 0.945. The standard InChI is InChI=1S/C9H18N2O3/c1-14-6-8(10)9(13)11-4-2-3-7(11)5-12/h7-8,12H,2-6,10H2,1H3. The maximum absolute atomic E-state index is 11.7. The molecule has 0 aliphatic carbocycles. The highest BCUT2D eigenvalue weighted by molar-refractivity contribution is 5.82. The second-order valence-corrected chi connectivity index (χ2v) is 3.57. The van der Waals surface area contributed by atoms with Crippen LogP contribution >= 0.6 is 0 Å². The third kappa shape index (κ3) is 2.43. The number of hydrogen-bond donors (Lipinski definition) is 2. The third-order valence-electron chi connectivity index (χ3n) is 2.53. The Bertz CT molecular complexity index is 198. The summed E-state index contributed by atoms with van der Waals surface area (Å²) >= 11 is 0. The molecule has 0 aromatic rings. The van der Waals surface area contributed by atoms with Gasteiger partial charge in [-0.2, -0.15) is 0 Å². The van der Waals surface area contributed by atoms with E-state index in [1.54, 1.807) is 4.90 Å². The van der Waals surface area contributed by atoms with Gasteiger partial charge in [-0.05, 0) is 12.8 Å². The molecule has 1 fully saturated rings. The molecule has 0 radical (unpaired) electrons. The number of likely N-dealkylation sites (tertiary alicyclic amines) is 1. The van der Waals surface area contributed by atoms with Crippen LogP contribution in [0.25, 0.3) is 0 Å². The molecule has 1 aliphatic rings. The Morgan fingerprint density at radius 1 is 1.79 bits per heavy atom. The van der Waals surface area contributed by atoms with Crippen molar-refractivity contribution in [3.8, 4) is 0 Å². The first kappa shape index (κ1) is 11.4. The minimum atomic E-state index is -0.604. The molecule has 1 saturated heterocycles. The zero-order valence-corrected chi connectivity index (χ0v) is 8.48. The van der Waals surface area contributed by atoms with E-state index in [2.05, 4.69) is 0 Å². The van der Waals surface area contributed by atoms with Crippen molar-refractivity contribution in [1.29, 1.82) is 0 Å². The van der Waals surface area contributed by atoms with Gasteiger partial charge in [0, 0.05) is 13.7 Å². The lowest BCUT2D eigenvalue weighted by Gasteiger charge is -2.25. The summed E-state index contributed by atoms with van der Waals surface area (Å²) in [6.07, 6.45) is 1.80. The van der Waals surface area contributed by atoms with E-state index in [0.29, 0.717) is 6.54 Å². The first-order valence-corrected chi connectivity index (χ1v) is 4.86. The minimum Gasteiger partial charge on any atom is -0.394 e. The fourth-order valence-electron chi connectivity index (χ4n) is 1.78. The van der Waals surface area contributed by atoms with Crippen LogP contribution in [0.5, 0.6) is 0 Å². The lowest BCUT2D eigenvalue weighted by molar-refractivity contribution is -0.135. The molecule has 1 heterocycles. The van der Waals surface area contributed by atoms with Gasteiger partial charge in [0.25, 0.3) is 0 Å². The number of ether oxygens (including phenoxy) is 1. The van der Waals surface area contributed by atoms with Crippen LogP contribution in [0, 0.1) is 0 Å². The van der Waals surface area contributed by atoms with Crippen molar-refractivity contribution in [3.63, 3.8) is 0 Å². The number of amides is 1. The van der Waals surface area contributed by atoms with Gasteiger partial charge in [0.05, 0.1) is 19.3 Å². The van der Waals surface area contributed by atoms with E-state index in [-0.39, 0.29) is 25.2 Å². The van der Waals surface area contributed by atoms with Gasteiger partial charge >= 0.3 is 0 Å². The third-order valence-corrected chi connectivity index (χ3v) is 2.53. The number of rotatable bonds is 4. The zero-order valence-electron chi connectivity index (χ0n) is 8.48. The van der Waals surface area contributed by atoms with Crippen LogP contribution in [0.2, 0.25) is 0 Å². The Balaban J connectivity index is 2.50. The van der Waals surface area contributed by atoms with Crippen molar-refractivity contribution in [3.05, 3.63) is 0 Å². The van der Waals surface area contributed by atoms with Gasteiger partial charge in [0.2, 0.25) is 5.91 Å². The van der Waals surface area contributed by atoms with E-state index < -0.39 is 6.04 Å². The number of nitrogens with two attached hydrogens (primary N) is 1. The van der Waals surface area contributed by atoms with Gasteiger partial charge in [-0.1, -0.05) is 0 Å². The second kappa shape index (κ2) is 5.29. The fourth-order valence-corrected chi connectivity index (χ4v) is 1.78. The monoisotopic (exact) mass is 202 g/mol. The van der Waals surface area contributed by atoms with Crippen LogP contribution in [0.15, 0.2) is 0 Å². The molecule has 0 aromatic carbocycles. The average Bonchev–Trinajstić information content (AvgIpc) is 2.64. The molecule has 0 saturated carbocycles. The molecule has 0 aromatic heterocycles. The van der Waals surface area contributed by atoms with Crippen molar-refractivity contribution >= 4 is 5.91 Å². The van der Waals surface area contributed by atoms with Gasteiger partial charge in [0.1, 0.15) is 6.04 Å². The van der Waals surface area contributed by atoms with Crippen molar-refractivity contribution in [2.75, 3.05) is 26.9 Å². The second-order valence-electron chi connectivity index (χ2n) is 3.57. The topological polar surface area (TPSA) is 75.8 Å². The normalized spacial score (nSPS) is 23.9. The predicted octanol–water partition coefficient (Wildman–Crippen LogP) is -1.06. The van der Waals surface area contributed by atoms with Crippen LogP contribution in [0.1, 0.15) is 12.8 Å². The van der Waals surface area contributed by atoms with Crippen molar-refractivity contribution < 1.29 is 14.6 Å². The molecule has 2 unspecified atom stereocenters. The Kier molecular flexibility index (Phi) is 4.31. The van der Waals surface area contributed by atoms with Gasteiger partial charge < -0.3 is 20.5 Å². The molecule has 5 nitrogen and oxygen atoms in total. The molecule has 14 heavy (non-hydrogen) atoms. The van der Waals surface area contributed by atoms with Crippen LogP contribution in [0.4, 0.5) is 0 Å². The molecule has 1 rings (SSSR count). The first-order valence-electron chi connectivity index (χ1n) is 4.86. The zero-order chi connectivity index (χ0) is 10.6. The van der Waals surface area contributed by atoms with Crippen molar-refractivity contribution in [1.82, 2.24) is 4.90 Å². The molecule has 1 aliphatic heterocycles. The van der Waals surface area contributed by atoms with E-state index in [1.807, 2.05) is 0 Å². The lowest BCUT2D eigenvalue weighted by Crippen LogP contribution is -2.48. The number of methoxy groups -OCH3 is 1. The largest absolute Gasteiger partial charge is 0.394 e. The SMILES string of the molecule is COCC(N)C(=O)N1CCCC1CO. The molecular formula is C9H18N2O3. The Morgan fingerprint density at radius 2 is 2.50 bits per heavy atom. The highest BCUT2D eigenvalue weighted by atomic mass is 16.5.